The molecule has 2 aliphatic carbocycles. The molecular formula is C19H19FN4O. The minimum absolute atomic E-state index is 0.244. The highest BCUT2D eigenvalue weighted by atomic mass is 19.1. The van der Waals surface area contributed by atoms with Crippen LogP contribution in [0.15, 0.2) is 30.7 Å². The lowest BCUT2D eigenvalue weighted by molar-refractivity contribution is 0.105. The Morgan fingerprint density at radius 1 is 1.24 bits per heavy atom. The first-order valence-electron chi connectivity index (χ1n) is 8.84. The molecule has 2 aliphatic rings. The smallest absolute Gasteiger partial charge is 0.150 e. The fourth-order valence-electron chi connectivity index (χ4n) is 3.73. The van der Waals surface area contributed by atoms with Gasteiger partial charge in [0.05, 0.1) is 23.4 Å². The van der Waals surface area contributed by atoms with E-state index >= 15 is 0 Å². The first-order chi connectivity index (χ1) is 12.2. The van der Waals surface area contributed by atoms with Crippen molar-refractivity contribution in [3.63, 3.8) is 0 Å². The molecule has 6 heteroatoms. The molecule has 0 aliphatic heterocycles. The third kappa shape index (κ3) is 2.43. The van der Waals surface area contributed by atoms with Crippen LogP contribution in [0.3, 0.4) is 0 Å². The van der Waals surface area contributed by atoms with Gasteiger partial charge in [0, 0.05) is 35.9 Å². The molecular weight excluding hydrogens is 319 g/mol. The molecule has 2 saturated carbocycles. The van der Waals surface area contributed by atoms with Crippen LogP contribution in [0, 0.1) is 11.7 Å². The molecule has 25 heavy (non-hydrogen) atoms. The number of aromatic nitrogens is 4. The fourth-order valence-corrected chi connectivity index (χ4v) is 3.73. The van der Waals surface area contributed by atoms with Crippen LogP contribution in [0.5, 0.6) is 0 Å². The summed E-state index contributed by atoms with van der Waals surface area (Å²) < 4.78 is 16.1. The summed E-state index contributed by atoms with van der Waals surface area (Å²) in [5.41, 5.74) is 3.33. The van der Waals surface area contributed by atoms with Gasteiger partial charge in [0.2, 0.25) is 0 Å². The van der Waals surface area contributed by atoms with Crippen LogP contribution in [0.4, 0.5) is 4.39 Å². The summed E-state index contributed by atoms with van der Waals surface area (Å²) in [6, 6.07) is 3.81. The number of nitrogens with zero attached hydrogens (tertiary/aromatic N) is 4. The van der Waals surface area contributed by atoms with E-state index < -0.39 is 0 Å². The number of pyridine rings is 2. The largest absolute Gasteiger partial charge is 0.396 e. The monoisotopic (exact) mass is 338 g/mol. The molecule has 0 saturated heterocycles. The Morgan fingerprint density at radius 3 is 2.84 bits per heavy atom. The molecule has 3 heterocycles. The molecule has 0 atom stereocenters. The van der Waals surface area contributed by atoms with Crippen molar-refractivity contribution in [2.24, 2.45) is 5.92 Å². The molecule has 0 unspecified atom stereocenters. The second kappa shape index (κ2) is 5.59. The van der Waals surface area contributed by atoms with Gasteiger partial charge in [-0.25, -0.2) is 4.39 Å². The molecule has 0 spiro atoms. The maximum Gasteiger partial charge on any atom is 0.150 e. The number of hydrogen-bond donors (Lipinski definition) is 1. The van der Waals surface area contributed by atoms with Gasteiger partial charge in [0.25, 0.3) is 0 Å². The average molecular weight is 338 g/mol. The molecule has 1 N–H and O–H groups in total. The summed E-state index contributed by atoms with van der Waals surface area (Å²) in [7, 11) is 0. The Hall–Kier alpha value is -2.34. The van der Waals surface area contributed by atoms with E-state index in [2.05, 4.69) is 9.97 Å². The Bertz CT molecular complexity index is 944. The third-order valence-electron chi connectivity index (χ3n) is 5.42. The molecule has 0 radical (unpaired) electrons. The van der Waals surface area contributed by atoms with Crippen molar-refractivity contribution in [3.8, 4) is 11.3 Å². The Balaban J connectivity index is 1.62. The standard InChI is InChI=1S/C19H19FN4O/c20-16-8-22-19(18-14(16)2-1-5-21-18)15-9-24(13-6-11(7-13)10-25)23-17(15)12-3-4-12/h1-2,5,8-9,11-13,25H,3-4,6-7,10H2/t11-,13-. The van der Waals surface area contributed by atoms with E-state index in [9.17, 15) is 9.50 Å². The lowest BCUT2D eigenvalue weighted by atomic mass is 9.81. The number of halogens is 1. The van der Waals surface area contributed by atoms with E-state index in [1.165, 1.54) is 6.20 Å². The van der Waals surface area contributed by atoms with E-state index in [-0.39, 0.29) is 12.4 Å². The van der Waals surface area contributed by atoms with Gasteiger partial charge in [-0.3, -0.25) is 14.6 Å². The van der Waals surface area contributed by atoms with Crippen molar-refractivity contribution in [3.05, 3.63) is 42.2 Å². The van der Waals surface area contributed by atoms with Crippen LogP contribution in [0.25, 0.3) is 22.2 Å². The number of aliphatic hydroxyl groups is 1. The van der Waals surface area contributed by atoms with Crippen molar-refractivity contribution in [1.29, 1.82) is 0 Å². The lowest BCUT2D eigenvalue weighted by Gasteiger charge is -2.34. The Morgan fingerprint density at radius 2 is 2.08 bits per heavy atom. The van der Waals surface area contributed by atoms with Gasteiger partial charge in [-0.1, -0.05) is 0 Å². The van der Waals surface area contributed by atoms with Crippen molar-refractivity contribution in [2.45, 2.75) is 37.6 Å². The van der Waals surface area contributed by atoms with Crippen LogP contribution in [0.1, 0.15) is 43.3 Å². The lowest BCUT2D eigenvalue weighted by Crippen LogP contribution is -2.29. The summed E-state index contributed by atoms with van der Waals surface area (Å²) in [6.07, 6.45) is 9.18. The van der Waals surface area contributed by atoms with Crippen LogP contribution in [0.2, 0.25) is 0 Å². The van der Waals surface area contributed by atoms with E-state index in [0.29, 0.717) is 34.5 Å². The maximum absolute atomic E-state index is 14.1. The van der Waals surface area contributed by atoms with E-state index in [1.807, 2.05) is 10.9 Å². The normalized spacial score (nSPS) is 23.0. The van der Waals surface area contributed by atoms with Crippen LogP contribution in [-0.2, 0) is 0 Å². The van der Waals surface area contributed by atoms with Crippen LogP contribution < -0.4 is 0 Å². The summed E-state index contributed by atoms with van der Waals surface area (Å²) in [5, 5.41) is 14.6. The predicted octanol–water partition coefficient (Wildman–Crippen LogP) is 3.45. The summed E-state index contributed by atoms with van der Waals surface area (Å²) in [6.45, 7) is 0.244. The Labute approximate surface area is 144 Å². The van der Waals surface area contributed by atoms with Crippen molar-refractivity contribution < 1.29 is 9.50 Å². The van der Waals surface area contributed by atoms with Gasteiger partial charge in [-0.05, 0) is 43.7 Å². The Kier molecular flexibility index (Phi) is 3.35. The summed E-state index contributed by atoms with van der Waals surface area (Å²) in [5.74, 6) is 0.501. The number of aliphatic hydroxyl groups excluding tert-OH is 1. The van der Waals surface area contributed by atoms with Crippen molar-refractivity contribution in [1.82, 2.24) is 19.7 Å². The van der Waals surface area contributed by atoms with Gasteiger partial charge in [0.1, 0.15) is 5.69 Å². The van der Waals surface area contributed by atoms with Gasteiger partial charge >= 0.3 is 0 Å². The van der Waals surface area contributed by atoms with Crippen LogP contribution in [-0.4, -0.2) is 31.5 Å². The zero-order valence-electron chi connectivity index (χ0n) is 13.8. The molecule has 5 rings (SSSR count). The number of rotatable bonds is 4. The van der Waals surface area contributed by atoms with Gasteiger partial charge in [0.15, 0.2) is 5.82 Å². The molecule has 5 nitrogen and oxygen atoms in total. The molecule has 2 fully saturated rings. The highest BCUT2D eigenvalue weighted by Crippen LogP contribution is 2.46. The number of fused-ring (bicyclic) bond motifs is 1. The van der Waals surface area contributed by atoms with Crippen molar-refractivity contribution in [2.75, 3.05) is 6.61 Å². The second-order valence-electron chi connectivity index (χ2n) is 7.21. The first kappa shape index (κ1) is 15.0. The molecule has 0 aromatic carbocycles. The molecule has 3 aromatic heterocycles. The van der Waals surface area contributed by atoms with Crippen LogP contribution >= 0.6 is 0 Å². The quantitative estimate of drug-likeness (QED) is 0.791. The predicted molar refractivity (Wildman–Crippen MR) is 91.5 cm³/mol. The SMILES string of the molecule is OC[C@H]1C[C@H](n2cc(-c3ncc(F)c4cccnc34)c(C3CC3)n2)C1. The average Bonchev–Trinajstić information content (AvgIpc) is 3.35. The maximum atomic E-state index is 14.1. The zero-order valence-corrected chi connectivity index (χ0v) is 13.8. The van der Waals surface area contributed by atoms with E-state index in [4.69, 9.17) is 5.10 Å². The second-order valence-corrected chi connectivity index (χ2v) is 7.21. The van der Waals surface area contributed by atoms with Gasteiger partial charge in [-0.15, -0.1) is 0 Å². The van der Waals surface area contributed by atoms with E-state index in [0.717, 1.165) is 36.9 Å². The zero-order chi connectivity index (χ0) is 17.0. The molecule has 3 aromatic rings. The highest BCUT2D eigenvalue weighted by Gasteiger charge is 2.35. The topological polar surface area (TPSA) is 63.8 Å². The minimum atomic E-state index is -0.350. The van der Waals surface area contributed by atoms with Gasteiger partial charge in [-0.2, -0.15) is 5.10 Å². The summed E-state index contributed by atoms with van der Waals surface area (Å²) >= 11 is 0. The summed E-state index contributed by atoms with van der Waals surface area (Å²) in [4.78, 5) is 8.74. The fraction of sp³-hybridized carbons (Fsp3) is 0.421. The first-order valence-corrected chi connectivity index (χ1v) is 8.84. The van der Waals surface area contributed by atoms with E-state index in [1.54, 1.807) is 18.3 Å². The molecule has 0 bridgehead atoms. The number of hydrogen-bond acceptors (Lipinski definition) is 4. The molecule has 128 valence electrons. The molecule has 0 amide bonds. The minimum Gasteiger partial charge on any atom is -0.396 e. The highest BCUT2D eigenvalue weighted by molar-refractivity contribution is 5.92. The van der Waals surface area contributed by atoms with Crippen molar-refractivity contribution >= 4 is 10.9 Å². The van der Waals surface area contributed by atoms with Gasteiger partial charge < -0.3 is 5.11 Å². The third-order valence-corrected chi connectivity index (χ3v) is 5.42.